The normalized spacial score (nSPS) is 16.1. The molecule has 0 saturated heterocycles. The number of hydrogen-bond acceptors (Lipinski definition) is 4. The zero-order chi connectivity index (χ0) is 15.4. The molecule has 1 N–H and O–H groups in total. The van der Waals surface area contributed by atoms with Gasteiger partial charge in [-0.3, -0.25) is 4.79 Å². The van der Waals surface area contributed by atoms with Crippen molar-refractivity contribution in [2.24, 2.45) is 10.9 Å². The molecule has 0 atom stereocenters. The van der Waals surface area contributed by atoms with Crippen molar-refractivity contribution < 1.29 is 14.3 Å². The summed E-state index contributed by atoms with van der Waals surface area (Å²) in [6, 6.07) is 5.43. The summed E-state index contributed by atoms with van der Waals surface area (Å²) in [4.78, 5) is 16.3. The Morgan fingerprint density at radius 3 is 2.67 bits per heavy atom. The van der Waals surface area contributed by atoms with E-state index in [-0.39, 0.29) is 5.91 Å². The third-order valence-electron chi connectivity index (χ3n) is 3.08. The number of ether oxygens (including phenoxy) is 2. The zero-order valence-corrected chi connectivity index (χ0v) is 12.8. The lowest BCUT2D eigenvalue weighted by atomic mass is 10.1. The summed E-state index contributed by atoms with van der Waals surface area (Å²) in [6.07, 6.45) is 2.46. The van der Waals surface area contributed by atoms with Gasteiger partial charge in [-0.25, -0.2) is 4.99 Å². The lowest BCUT2D eigenvalue weighted by molar-refractivity contribution is -0.115. The van der Waals surface area contributed by atoms with Gasteiger partial charge in [0.15, 0.2) is 0 Å². The minimum Gasteiger partial charge on any atom is -0.497 e. The van der Waals surface area contributed by atoms with Crippen LogP contribution in [0.4, 0.5) is 0 Å². The van der Waals surface area contributed by atoms with Crippen molar-refractivity contribution in [3.63, 3.8) is 0 Å². The van der Waals surface area contributed by atoms with Crippen LogP contribution in [0.5, 0.6) is 11.5 Å². The predicted molar refractivity (Wildman–Crippen MR) is 82.6 cm³/mol. The van der Waals surface area contributed by atoms with Crippen molar-refractivity contribution in [3.8, 4) is 11.5 Å². The summed E-state index contributed by atoms with van der Waals surface area (Å²) in [5, 5.41) is 2.79. The second kappa shape index (κ2) is 6.43. The minimum atomic E-state index is -0.185. The lowest BCUT2D eigenvalue weighted by Gasteiger charge is -2.07. The number of methoxy groups -OCH3 is 2. The molecular weight excluding hydrogens is 268 g/mol. The number of aliphatic imine (C=N–C) groups is 1. The van der Waals surface area contributed by atoms with Gasteiger partial charge in [0.25, 0.3) is 5.91 Å². The number of nitrogens with zero attached hydrogens (tertiary/aromatic N) is 1. The molecule has 0 fully saturated rings. The van der Waals surface area contributed by atoms with Crippen molar-refractivity contribution in [1.82, 2.24) is 5.32 Å². The molecule has 1 heterocycles. The third-order valence-corrected chi connectivity index (χ3v) is 3.08. The molecule has 0 radical (unpaired) electrons. The first-order valence-electron chi connectivity index (χ1n) is 6.86. The number of nitrogens with one attached hydrogen (secondary N) is 1. The monoisotopic (exact) mass is 288 g/mol. The van der Waals surface area contributed by atoms with Crippen LogP contribution in [0.1, 0.15) is 25.8 Å². The Labute approximate surface area is 124 Å². The molecule has 0 aliphatic carbocycles. The van der Waals surface area contributed by atoms with E-state index >= 15 is 0 Å². The Balaban J connectivity index is 2.34. The highest BCUT2D eigenvalue weighted by molar-refractivity contribution is 6.14. The van der Waals surface area contributed by atoms with Crippen LogP contribution in [0.15, 0.2) is 28.9 Å². The van der Waals surface area contributed by atoms with E-state index < -0.39 is 0 Å². The maximum Gasteiger partial charge on any atom is 0.275 e. The van der Waals surface area contributed by atoms with Crippen molar-refractivity contribution in [2.45, 2.75) is 20.3 Å². The lowest BCUT2D eigenvalue weighted by Crippen LogP contribution is -2.24. The van der Waals surface area contributed by atoms with Gasteiger partial charge in [-0.2, -0.15) is 0 Å². The van der Waals surface area contributed by atoms with Crippen LogP contribution in [0, 0.1) is 5.92 Å². The van der Waals surface area contributed by atoms with E-state index in [4.69, 9.17) is 9.47 Å². The highest BCUT2D eigenvalue weighted by atomic mass is 16.5. The highest BCUT2D eigenvalue weighted by Crippen LogP contribution is 2.27. The van der Waals surface area contributed by atoms with Gasteiger partial charge in [0, 0.05) is 12.0 Å². The molecule has 112 valence electrons. The van der Waals surface area contributed by atoms with Crippen molar-refractivity contribution in [3.05, 3.63) is 29.5 Å². The highest BCUT2D eigenvalue weighted by Gasteiger charge is 2.21. The molecule has 0 unspecified atom stereocenters. The van der Waals surface area contributed by atoms with Gasteiger partial charge in [0.1, 0.15) is 23.0 Å². The summed E-state index contributed by atoms with van der Waals surface area (Å²) in [7, 11) is 3.19. The average Bonchev–Trinajstić information content (AvgIpc) is 2.77. The number of amidine groups is 1. The quantitative estimate of drug-likeness (QED) is 0.847. The van der Waals surface area contributed by atoms with E-state index in [1.165, 1.54) is 0 Å². The van der Waals surface area contributed by atoms with Crippen LogP contribution in [0.2, 0.25) is 0 Å². The van der Waals surface area contributed by atoms with E-state index in [1.807, 2.05) is 12.1 Å². The topological polar surface area (TPSA) is 59.9 Å². The Morgan fingerprint density at radius 1 is 1.29 bits per heavy atom. The van der Waals surface area contributed by atoms with Gasteiger partial charge in [-0.05, 0) is 30.2 Å². The second-order valence-electron chi connectivity index (χ2n) is 5.25. The number of amides is 1. The second-order valence-corrected chi connectivity index (χ2v) is 5.25. The summed E-state index contributed by atoms with van der Waals surface area (Å²) >= 11 is 0. The Bertz CT molecular complexity index is 604. The fraction of sp³-hybridized carbons (Fsp3) is 0.375. The van der Waals surface area contributed by atoms with Crippen molar-refractivity contribution >= 4 is 17.8 Å². The molecule has 0 saturated carbocycles. The molecule has 0 aromatic heterocycles. The number of hydrogen-bond donors (Lipinski definition) is 1. The van der Waals surface area contributed by atoms with E-state index in [0.29, 0.717) is 28.9 Å². The van der Waals surface area contributed by atoms with Gasteiger partial charge in [-0.15, -0.1) is 0 Å². The van der Waals surface area contributed by atoms with Crippen molar-refractivity contribution in [2.75, 3.05) is 14.2 Å². The number of benzene rings is 1. The summed E-state index contributed by atoms with van der Waals surface area (Å²) in [5.74, 6) is 2.34. The molecule has 1 aliphatic heterocycles. The molecule has 2 rings (SSSR count). The van der Waals surface area contributed by atoms with Gasteiger partial charge in [-0.1, -0.05) is 13.8 Å². The first-order valence-corrected chi connectivity index (χ1v) is 6.86. The predicted octanol–water partition coefficient (Wildman–Crippen LogP) is 2.62. The van der Waals surface area contributed by atoms with Gasteiger partial charge < -0.3 is 14.8 Å². The summed E-state index contributed by atoms with van der Waals surface area (Å²) in [6.45, 7) is 4.17. The van der Waals surface area contributed by atoms with Gasteiger partial charge >= 0.3 is 0 Å². The summed E-state index contributed by atoms with van der Waals surface area (Å²) < 4.78 is 10.5. The van der Waals surface area contributed by atoms with E-state index in [9.17, 15) is 4.79 Å². The minimum absolute atomic E-state index is 0.185. The Kier molecular flexibility index (Phi) is 4.62. The standard InChI is InChI=1S/C16H20N2O3/c1-10(2)7-15-17-13(16(19)18-15)9-11-8-12(20-3)5-6-14(11)21-4/h5-6,8-10H,7H2,1-4H3,(H,17,18,19)/b13-9-. The zero-order valence-electron chi connectivity index (χ0n) is 12.8. The average molecular weight is 288 g/mol. The molecule has 5 heteroatoms. The molecule has 1 aromatic carbocycles. The molecule has 0 bridgehead atoms. The maximum atomic E-state index is 12.0. The van der Waals surface area contributed by atoms with E-state index in [1.54, 1.807) is 26.4 Å². The SMILES string of the molecule is COc1ccc(OC)c(/C=C2\N=C(CC(C)C)NC2=O)c1. The molecule has 1 aromatic rings. The van der Waals surface area contributed by atoms with Crippen LogP contribution in [0.25, 0.3) is 6.08 Å². The molecule has 21 heavy (non-hydrogen) atoms. The van der Waals surface area contributed by atoms with Crippen LogP contribution >= 0.6 is 0 Å². The van der Waals surface area contributed by atoms with E-state index in [0.717, 1.165) is 12.0 Å². The maximum absolute atomic E-state index is 12.0. The van der Waals surface area contributed by atoms with Crippen LogP contribution in [-0.2, 0) is 4.79 Å². The number of carbonyl (C=O) groups excluding carboxylic acids is 1. The van der Waals surface area contributed by atoms with Gasteiger partial charge in [0.05, 0.1) is 14.2 Å². The molecule has 1 amide bonds. The van der Waals surface area contributed by atoms with E-state index in [2.05, 4.69) is 24.2 Å². The molecular formula is C16H20N2O3. The summed E-state index contributed by atoms with van der Waals surface area (Å²) in [5.41, 5.74) is 1.15. The third kappa shape index (κ3) is 3.62. The molecule has 1 aliphatic rings. The first kappa shape index (κ1) is 15.1. The molecule has 0 spiro atoms. The van der Waals surface area contributed by atoms with Crippen LogP contribution < -0.4 is 14.8 Å². The Hall–Kier alpha value is -2.30. The van der Waals surface area contributed by atoms with Crippen LogP contribution in [-0.4, -0.2) is 26.0 Å². The van der Waals surface area contributed by atoms with Crippen molar-refractivity contribution in [1.29, 1.82) is 0 Å². The Morgan fingerprint density at radius 2 is 2.05 bits per heavy atom. The fourth-order valence-corrected chi connectivity index (χ4v) is 2.10. The van der Waals surface area contributed by atoms with Crippen LogP contribution in [0.3, 0.4) is 0 Å². The van der Waals surface area contributed by atoms with Gasteiger partial charge in [0.2, 0.25) is 0 Å². The number of rotatable bonds is 5. The first-order chi connectivity index (χ1) is 10.0. The largest absolute Gasteiger partial charge is 0.497 e. The fourth-order valence-electron chi connectivity index (χ4n) is 2.10. The molecule has 5 nitrogen and oxygen atoms in total. The smallest absolute Gasteiger partial charge is 0.275 e. The number of carbonyl (C=O) groups is 1.